The first-order valence-corrected chi connectivity index (χ1v) is 8.24. The minimum Gasteiger partial charge on any atom is -0.478 e. The minimum absolute atomic E-state index is 0.647. The van der Waals surface area contributed by atoms with Gasteiger partial charge in [-0.15, -0.1) is 0 Å². The number of imidazole rings is 1. The molecule has 1 heterocycles. The highest BCUT2D eigenvalue weighted by molar-refractivity contribution is 5.85. The van der Waals surface area contributed by atoms with Crippen molar-refractivity contribution >= 4 is 12.0 Å². The molecule has 1 aromatic heterocycles. The van der Waals surface area contributed by atoms with Crippen LogP contribution in [-0.4, -0.2) is 21.0 Å². The van der Waals surface area contributed by atoms with Gasteiger partial charge >= 0.3 is 5.97 Å². The molecule has 0 unspecified atom stereocenters. The second-order valence-electron chi connectivity index (χ2n) is 6.21. The molecule has 0 aliphatic heterocycles. The molecular formula is C19H22N2O2. The second kappa shape index (κ2) is 7.27. The summed E-state index contributed by atoms with van der Waals surface area (Å²) in [5, 5.41) is 8.63. The van der Waals surface area contributed by atoms with Crippen LogP contribution in [-0.2, 0) is 11.2 Å². The zero-order chi connectivity index (χ0) is 16.1. The number of aliphatic carboxylic acids is 1. The summed E-state index contributed by atoms with van der Waals surface area (Å²) in [5.41, 5.74) is 3.33. The largest absolute Gasteiger partial charge is 0.478 e. The van der Waals surface area contributed by atoms with Gasteiger partial charge in [0.25, 0.3) is 0 Å². The van der Waals surface area contributed by atoms with Gasteiger partial charge in [-0.25, -0.2) is 9.78 Å². The highest BCUT2D eigenvalue weighted by Gasteiger charge is 2.17. The third kappa shape index (κ3) is 4.31. The number of benzene rings is 1. The average molecular weight is 310 g/mol. The van der Waals surface area contributed by atoms with Crippen molar-refractivity contribution in [3.8, 4) is 0 Å². The maximum absolute atomic E-state index is 10.5. The van der Waals surface area contributed by atoms with E-state index < -0.39 is 5.97 Å². The zero-order valence-corrected chi connectivity index (χ0v) is 13.2. The molecule has 0 spiro atoms. The van der Waals surface area contributed by atoms with E-state index in [0.29, 0.717) is 5.92 Å². The summed E-state index contributed by atoms with van der Waals surface area (Å²) in [6.07, 6.45) is 12.1. The van der Waals surface area contributed by atoms with Crippen LogP contribution in [0.2, 0.25) is 0 Å². The van der Waals surface area contributed by atoms with E-state index in [1.54, 1.807) is 6.08 Å². The van der Waals surface area contributed by atoms with E-state index in [0.717, 1.165) is 23.9 Å². The van der Waals surface area contributed by atoms with Crippen LogP contribution < -0.4 is 0 Å². The first kappa shape index (κ1) is 15.5. The maximum atomic E-state index is 10.5. The van der Waals surface area contributed by atoms with Crippen LogP contribution in [0.3, 0.4) is 0 Å². The van der Waals surface area contributed by atoms with Crippen molar-refractivity contribution in [1.82, 2.24) is 9.97 Å². The Bertz CT molecular complexity index is 680. The van der Waals surface area contributed by atoms with Crippen LogP contribution in [0.25, 0.3) is 6.08 Å². The summed E-state index contributed by atoms with van der Waals surface area (Å²) in [7, 11) is 0. The predicted octanol–water partition coefficient (Wildman–Crippen LogP) is 4.15. The fourth-order valence-corrected chi connectivity index (χ4v) is 3.20. The Morgan fingerprint density at radius 2 is 1.96 bits per heavy atom. The summed E-state index contributed by atoms with van der Waals surface area (Å²) in [6, 6.07) is 7.90. The molecule has 23 heavy (non-hydrogen) atoms. The number of rotatable bonds is 5. The molecule has 2 N–H and O–H groups in total. The lowest BCUT2D eigenvalue weighted by Gasteiger charge is -2.19. The van der Waals surface area contributed by atoms with Gasteiger partial charge in [0, 0.05) is 30.3 Å². The van der Waals surface area contributed by atoms with Gasteiger partial charge in [0.1, 0.15) is 5.82 Å². The van der Waals surface area contributed by atoms with Crippen molar-refractivity contribution in [3.05, 3.63) is 59.2 Å². The topological polar surface area (TPSA) is 66.0 Å². The molecule has 1 saturated carbocycles. The first-order valence-electron chi connectivity index (χ1n) is 8.24. The number of aromatic amines is 1. The Labute approximate surface area is 136 Å². The monoisotopic (exact) mass is 310 g/mol. The highest BCUT2D eigenvalue weighted by Crippen LogP contribution is 2.31. The molecule has 1 fully saturated rings. The van der Waals surface area contributed by atoms with Crippen molar-refractivity contribution in [2.75, 3.05) is 0 Å². The van der Waals surface area contributed by atoms with E-state index >= 15 is 0 Å². The third-order valence-electron chi connectivity index (χ3n) is 4.46. The van der Waals surface area contributed by atoms with Gasteiger partial charge in [-0.2, -0.15) is 0 Å². The van der Waals surface area contributed by atoms with E-state index in [2.05, 4.69) is 9.97 Å². The smallest absolute Gasteiger partial charge is 0.328 e. The first-order chi connectivity index (χ1) is 11.2. The average Bonchev–Trinajstić information content (AvgIpc) is 3.03. The molecule has 1 aliphatic carbocycles. The zero-order valence-electron chi connectivity index (χ0n) is 13.2. The fraction of sp³-hybridized carbons (Fsp3) is 0.368. The lowest BCUT2D eigenvalue weighted by atomic mass is 9.87. The Kier molecular flexibility index (Phi) is 4.91. The van der Waals surface area contributed by atoms with Gasteiger partial charge in [-0.3, -0.25) is 0 Å². The van der Waals surface area contributed by atoms with E-state index in [-0.39, 0.29) is 0 Å². The van der Waals surface area contributed by atoms with Gasteiger partial charge in [0.2, 0.25) is 0 Å². The summed E-state index contributed by atoms with van der Waals surface area (Å²) in [5.74, 6) is 0.716. The normalized spacial score (nSPS) is 16.0. The van der Waals surface area contributed by atoms with Crippen LogP contribution in [0.5, 0.6) is 0 Å². The summed E-state index contributed by atoms with van der Waals surface area (Å²) < 4.78 is 0. The van der Waals surface area contributed by atoms with Gasteiger partial charge in [-0.05, 0) is 30.0 Å². The lowest BCUT2D eigenvalue weighted by Crippen LogP contribution is -2.04. The lowest BCUT2D eigenvalue weighted by molar-refractivity contribution is -0.131. The molecule has 0 bridgehead atoms. The maximum Gasteiger partial charge on any atom is 0.328 e. The Morgan fingerprint density at radius 1 is 1.22 bits per heavy atom. The van der Waals surface area contributed by atoms with Gasteiger partial charge < -0.3 is 10.1 Å². The van der Waals surface area contributed by atoms with E-state index in [1.165, 1.54) is 43.4 Å². The highest BCUT2D eigenvalue weighted by atomic mass is 16.4. The Balaban J connectivity index is 1.63. The van der Waals surface area contributed by atoms with Crippen molar-refractivity contribution < 1.29 is 9.90 Å². The van der Waals surface area contributed by atoms with Crippen LogP contribution >= 0.6 is 0 Å². The molecule has 0 radical (unpaired) electrons. The third-order valence-corrected chi connectivity index (χ3v) is 4.46. The van der Waals surface area contributed by atoms with E-state index in [9.17, 15) is 4.79 Å². The molecular weight excluding hydrogens is 288 g/mol. The fourth-order valence-electron chi connectivity index (χ4n) is 3.20. The van der Waals surface area contributed by atoms with E-state index in [1.807, 2.05) is 30.5 Å². The number of carboxylic acid groups (broad SMARTS) is 1. The minimum atomic E-state index is -0.931. The van der Waals surface area contributed by atoms with Crippen molar-refractivity contribution in [2.45, 2.75) is 44.4 Å². The summed E-state index contributed by atoms with van der Waals surface area (Å²) in [6.45, 7) is 0. The molecule has 0 amide bonds. The Hall–Kier alpha value is -2.36. The SMILES string of the molecule is O=C(O)C=Cc1ccc(Cc2ncc(C3CCCCC3)[nH]2)cc1. The number of hydrogen-bond donors (Lipinski definition) is 2. The van der Waals surface area contributed by atoms with Crippen LogP contribution in [0.15, 0.2) is 36.5 Å². The number of nitrogens with one attached hydrogen (secondary N) is 1. The standard InChI is InChI=1S/C19H22N2O2/c22-19(23)11-10-14-6-8-15(9-7-14)12-18-20-13-17(21-18)16-4-2-1-3-5-16/h6-11,13,16H,1-5,12H2,(H,20,21)(H,22,23). The molecule has 0 atom stereocenters. The van der Waals surface area contributed by atoms with Gasteiger partial charge in [0.15, 0.2) is 0 Å². The van der Waals surface area contributed by atoms with Gasteiger partial charge in [0.05, 0.1) is 0 Å². The van der Waals surface area contributed by atoms with Crippen molar-refractivity contribution in [2.24, 2.45) is 0 Å². The molecule has 4 heteroatoms. The van der Waals surface area contributed by atoms with Crippen LogP contribution in [0.4, 0.5) is 0 Å². The quantitative estimate of drug-likeness (QED) is 0.815. The predicted molar refractivity (Wildman–Crippen MR) is 90.3 cm³/mol. The number of aromatic nitrogens is 2. The second-order valence-corrected chi connectivity index (χ2v) is 6.21. The Morgan fingerprint density at radius 3 is 2.65 bits per heavy atom. The molecule has 1 aromatic carbocycles. The summed E-state index contributed by atoms with van der Waals surface area (Å²) in [4.78, 5) is 18.5. The number of carbonyl (C=O) groups is 1. The van der Waals surface area contributed by atoms with Crippen molar-refractivity contribution in [3.63, 3.8) is 0 Å². The molecule has 1 aliphatic rings. The molecule has 4 nitrogen and oxygen atoms in total. The van der Waals surface area contributed by atoms with Crippen molar-refractivity contribution in [1.29, 1.82) is 0 Å². The van der Waals surface area contributed by atoms with Crippen LogP contribution in [0, 0.1) is 0 Å². The molecule has 0 saturated heterocycles. The molecule has 3 rings (SSSR count). The number of H-pyrrole nitrogens is 1. The summed E-state index contributed by atoms with van der Waals surface area (Å²) >= 11 is 0. The number of carboxylic acids is 1. The number of hydrogen-bond acceptors (Lipinski definition) is 2. The van der Waals surface area contributed by atoms with Crippen LogP contribution in [0.1, 0.15) is 60.7 Å². The molecule has 120 valence electrons. The van der Waals surface area contributed by atoms with E-state index in [4.69, 9.17) is 5.11 Å². The molecule has 2 aromatic rings. The van der Waals surface area contributed by atoms with Gasteiger partial charge in [-0.1, -0.05) is 43.5 Å². The number of nitrogens with zero attached hydrogens (tertiary/aromatic N) is 1.